The van der Waals surface area contributed by atoms with Gasteiger partial charge in [-0.15, -0.1) is 0 Å². The third kappa shape index (κ3) is 7.87. The molecule has 7 heteroatoms. The van der Waals surface area contributed by atoms with E-state index in [4.69, 9.17) is 0 Å². The van der Waals surface area contributed by atoms with Crippen molar-refractivity contribution >= 4 is 21.7 Å². The second kappa shape index (κ2) is 7.39. The molecule has 100 valence electrons. The van der Waals surface area contributed by atoms with Crippen molar-refractivity contribution < 1.29 is 18.0 Å². The predicted octanol–water partition coefficient (Wildman–Crippen LogP) is -0.247. The van der Waals surface area contributed by atoms with E-state index in [2.05, 4.69) is 5.32 Å². The highest BCUT2D eigenvalue weighted by atomic mass is 32.2. The maximum Gasteiger partial charge on any atom is 0.227 e. The molecule has 0 saturated carbocycles. The Labute approximate surface area is 102 Å². The van der Waals surface area contributed by atoms with Crippen LogP contribution in [0.1, 0.15) is 26.7 Å². The molecule has 0 bridgehead atoms. The van der Waals surface area contributed by atoms with Gasteiger partial charge >= 0.3 is 0 Å². The number of hydrogen-bond acceptors (Lipinski definition) is 4. The standard InChI is InChI=1S/C10H20N2O4S/c1-4-12(17(3,15)16)7-5-6-11-10(14)8-9(2)13/h4-8H2,1-3H3,(H,11,14). The van der Waals surface area contributed by atoms with Crippen molar-refractivity contribution in [3.63, 3.8) is 0 Å². The maximum absolute atomic E-state index is 11.2. The fourth-order valence-corrected chi connectivity index (χ4v) is 2.26. The number of Topliss-reactive ketones (excluding diaryl/α,β-unsaturated/α-hetero) is 1. The van der Waals surface area contributed by atoms with Crippen molar-refractivity contribution in [2.24, 2.45) is 0 Å². The second-order valence-electron chi connectivity index (χ2n) is 3.84. The summed E-state index contributed by atoms with van der Waals surface area (Å²) in [6.07, 6.45) is 1.57. The van der Waals surface area contributed by atoms with E-state index < -0.39 is 10.0 Å². The van der Waals surface area contributed by atoms with Crippen molar-refractivity contribution in [1.82, 2.24) is 9.62 Å². The molecule has 6 nitrogen and oxygen atoms in total. The molecule has 1 N–H and O–H groups in total. The van der Waals surface area contributed by atoms with Gasteiger partial charge in [-0.1, -0.05) is 6.92 Å². The molecule has 17 heavy (non-hydrogen) atoms. The summed E-state index contributed by atoms with van der Waals surface area (Å²) < 4.78 is 23.8. The first kappa shape index (κ1) is 16.1. The van der Waals surface area contributed by atoms with E-state index in [0.717, 1.165) is 6.26 Å². The number of nitrogens with zero attached hydrogens (tertiary/aromatic N) is 1. The lowest BCUT2D eigenvalue weighted by atomic mass is 10.3. The summed E-state index contributed by atoms with van der Waals surface area (Å²) in [7, 11) is -3.17. The number of carbonyl (C=O) groups is 2. The highest BCUT2D eigenvalue weighted by Crippen LogP contribution is 1.98. The van der Waals surface area contributed by atoms with Gasteiger partial charge in [0.2, 0.25) is 15.9 Å². The van der Waals surface area contributed by atoms with Gasteiger partial charge < -0.3 is 5.32 Å². The number of amides is 1. The Morgan fingerprint density at radius 3 is 2.29 bits per heavy atom. The van der Waals surface area contributed by atoms with Crippen molar-refractivity contribution in [1.29, 1.82) is 0 Å². The molecular weight excluding hydrogens is 244 g/mol. The van der Waals surface area contributed by atoms with Crippen molar-refractivity contribution in [3.8, 4) is 0 Å². The molecular formula is C10H20N2O4S. The Morgan fingerprint density at radius 2 is 1.88 bits per heavy atom. The third-order valence-corrected chi connectivity index (χ3v) is 3.52. The largest absolute Gasteiger partial charge is 0.356 e. The summed E-state index contributed by atoms with van der Waals surface area (Å²) in [5.41, 5.74) is 0. The van der Waals surface area contributed by atoms with Gasteiger partial charge in [0.1, 0.15) is 5.78 Å². The van der Waals surface area contributed by atoms with Crippen LogP contribution in [0.25, 0.3) is 0 Å². The molecule has 0 aliphatic heterocycles. The molecule has 0 unspecified atom stereocenters. The lowest BCUT2D eigenvalue weighted by Crippen LogP contribution is -2.33. The Balaban J connectivity index is 3.84. The van der Waals surface area contributed by atoms with Crippen LogP contribution < -0.4 is 5.32 Å². The fourth-order valence-electron chi connectivity index (χ4n) is 1.33. The number of ketones is 1. The van der Waals surface area contributed by atoms with Crippen LogP contribution in [0.4, 0.5) is 0 Å². The van der Waals surface area contributed by atoms with Gasteiger partial charge in [0.25, 0.3) is 0 Å². The molecule has 0 saturated heterocycles. The first-order chi connectivity index (χ1) is 7.77. The maximum atomic E-state index is 11.2. The topological polar surface area (TPSA) is 83.6 Å². The number of rotatable bonds is 8. The molecule has 0 aliphatic carbocycles. The van der Waals surface area contributed by atoms with Gasteiger partial charge in [0, 0.05) is 19.6 Å². The monoisotopic (exact) mass is 264 g/mol. The SMILES string of the molecule is CCN(CCCNC(=O)CC(C)=O)S(C)(=O)=O. The van der Waals surface area contributed by atoms with E-state index in [1.165, 1.54) is 11.2 Å². The highest BCUT2D eigenvalue weighted by molar-refractivity contribution is 7.88. The van der Waals surface area contributed by atoms with Gasteiger partial charge in [-0.25, -0.2) is 12.7 Å². The van der Waals surface area contributed by atoms with E-state index in [1.54, 1.807) is 6.92 Å². The zero-order valence-electron chi connectivity index (χ0n) is 10.5. The minimum Gasteiger partial charge on any atom is -0.356 e. The fraction of sp³-hybridized carbons (Fsp3) is 0.800. The summed E-state index contributed by atoms with van der Waals surface area (Å²) >= 11 is 0. The normalized spacial score (nSPS) is 11.5. The van der Waals surface area contributed by atoms with Gasteiger partial charge in [-0.3, -0.25) is 9.59 Å². The lowest BCUT2D eigenvalue weighted by molar-refractivity contribution is -0.127. The Kier molecular flexibility index (Phi) is 6.98. The Hall–Kier alpha value is -0.950. The lowest BCUT2D eigenvalue weighted by Gasteiger charge is -2.17. The Morgan fingerprint density at radius 1 is 1.29 bits per heavy atom. The van der Waals surface area contributed by atoms with Crippen LogP contribution >= 0.6 is 0 Å². The van der Waals surface area contributed by atoms with Crippen molar-refractivity contribution in [2.45, 2.75) is 26.7 Å². The zero-order valence-corrected chi connectivity index (χ0v) is 11.3. The van der Waals surface area contributed by atoms with Crippen LogP contribution in [0.2, 0.25) is 0 Å². The Bertz CT molecular complexity index is 365. The van der Waals surface area contributed by atoms with Gasteiger partial charge in [-0.05, 0) is 13.3 Å². The number of hydrogen-bond donors (Lipinski definition) is 1. The highest BCUT2D eigenvalue weighted by Gasteiger charge is 2.13. The zero-order chi connectivity index (χ0) is 13.5. The second-order valence-corrected chi connectivity index (χ2v) is 5.82. The molecule has 1 amide bonds. The first-order valence-corrected chi connectivity index (χ1v) is 7.33. The first-order valence-electron chi connectivity index (χ1n) is 5.48. The minimum absolute atomic E-state index is 0.121. The van der Waals surface area contributed by atoms with Gasteiger partial charge in [0.15, 0.2) is 0 Å². The van der Waals surface area contributed by atoms with Crippen LogP contribution in [0.3, 0.4) is 0 Å². The molecule has 0 aromatic carbocycles. The van der Waals surface area contributed by atoms with E-state index in [9.17, 15) is 18.0 Å². The summed E-state index contributed by atoms with van der Waals surface area (Å²) in [5, 5.41) is 2.56. The number of sulfonamides is 1. The van der Waals surface area contributed by atoms with E-state index >= 15 is 0 Å². The summed E-state index contributed by atoms with van der Waals surface area (Å²) in [5.74, 6) is -0.506. The molecule has 0 spiro atoms. The van der Waals surface area contributed by atoms with Crippen LogP contribution in [0, 0.1) is 0 Å². The average molecular weight is 264 g/mol. The summed E-state index contributed by atoms with van der Waals surface area (Å²) in [6, 6.07) is 0. The molecule has 0 rings (SSSR count). The van der Waals surface area contributed by atoms with Gasteiger partial charge in [0.05, 0.1) is 12.7 Å². The molecule has 0 radical (unpaired) electrons. The average Bonchev–Trinajstić information content (AvgIpc) is 2.14. The van der Waals surface area contributed by atoms with Crippen LogP contribution in [0.15, 0.2) is 0 Å². The minimum atomic E-state index is -3.17. The third-order valence-electron chi connectivity index (χ3n) is 2.14. The predicted molar refractivity (Wildman–Crippen MR) is 65.0 cm³/mol. The molecule has 0 aromatic rings. The van der Waals surface area contributed by atoms with Crippen molar-refractivity contribution in [2.75, 3.05) is 25.9 Å². The van der Waals surface area contributed by atoms with Gasteiger partial charge in [-0.2, -0.15) is 0 Å². The van der Waals surface area contributed by atoms with Crippen LogP contribution in [-0.4, -0.2) is 50.3 Å². The molecule has 0 heterocycles. The van der Waals surface area contributed by atoms with Crippen molar-refractivity contribution in [3.05, 3.63) is 0 Å². The number of carbonyl (C=O) groups excluding carboxylic acids is 2. The molecule has 0 aliphatic rings. The molecule has 0 atom stereocenters. The smallest absolute Gasteiger partial charge is 0.227 e. The number of nitrogens with one attached hydrogen (secondary N) is 1. The van der Waals surface area contributed by atoms with E-state index in [0.29, 0.717) is 26.1 Å². The summed E-state index contributed by atoms with van der Waals surface area (Å²) in [4.78, 5) is 21.7. The van der Waals surface area contributed by atoms with E-state index in [-0.39, 0.29) is 18.1 Å². The van der Waals surface area contributed by atoms with Crippen LogP contribution in [0.5, 0.6) is 0 Å². The summed E-state index contributed by atoms with van der Waals surface area (Å²) in [6.45, 7) is 4.27. The molecule has 0 fully saturated rings. The van der Waals surface area contributed by atoms with Crippen LogP contribution in [-0.2, 0) is 19.6 Å². The van der Waals surface area contributed by atoms with E-state index in [1.807, 2.05) is 0 Å². The quantitative estimate of drug-likeness (QED) is 0.484. The molecule has 0 aromatic heterocycles.